The number of nitrogens with zero attached hydrogens (tertiary/aromatic N) is 1. The first-order valence-corrected chi connectivity index (χ1v) is 12.1. The van der Waals surface area contributed by atoms with E-state index < -0.39 is 39.7 Å². The molecule has 1 aromatic rings. The summed E-state index contributed by atoms with van der Waals surface area (Å²) in [6, 6.07) is 9.40. The third kappa shape index (κ3) is 9.63. The Morgan fingerprint density at radius 2 is 1.74 bits per heavy atom. The quantitative estimate of drug-likeness (QED) is 0.393. The highest BCUT2D eigenvalue weighted by Gasteiger charge is 2.35. The Morgan fingerprint density at radius 1 is 1.13 bits per heavy atom. The number of carboxylic acids is 1. The van der Waals surface area contributed by atoms with E-state index >= 15 is 0 Å². The van der Waals surface area contributed by atoms with Crippen molar-refractivity contribution in [2.75, 3.05) is 19.4 Å². The normalized spacial score (nSPS) is 15.2. The Bertz CT molecular complexity index is 839. The van der Waals surface area contributed by atoms with Crippen molar-refractivity contribution in [3.05, 3.63) is 42.0 Å². The SMILES string of the molecule is CC(C)C[C@@H](C(=O)NN(C[C@@H](C)CO)S(C)(=O)=O)[C@H](CC=Cc1ccccc1)C(=O)O. The first-order valence-electron chi connectivity index (χ1n) is 10.3. The Kier molecular flexibility index (Phi) is 10.9. The number of carboxylic acid groups (broad SMARTS) is 1. The van der Waals surface area contributed by atoms with Gasteiger partial charge in [-0.1, -0.05) is 63.3 Å². The zero-order valence-corrected chi connectivity index (χ0v) is 19.4. The molecule has 0 heterocycles. The van der Waals surface area contributed by atoms with Crippen LogP contribution in [-0.4, -0.2) is 54.3 Å². The maximum Gasteiger partial charge on any atom is 0.307 e. The van der Waals surface area contributed by atoms with Gasteiger partial charge < -0.3 is 10.2 Å². The fourth-order valence-electron chi connectivity index (χ4n) is 3.12. The van der Waals surface area contributed by atoms with Crippen LogP contribution in [0.5, 0.6) is 0 Å². The molecule has 0 saturated carbocycles. The highest BCUT2D eigenvalue weighted by Crippen LogP contribution is 2.26. The van der Waals surface area contributed by atoms with E-state index in [1.165, 1.54) is 0 Å². The van der Waals surface area contributed by atoms with E-state index in [2.05, 4.69) is 5.43 Å². The second kappa shape index (κ2) is 12.6. The summed E-state index contributed by atoms with van der Waals surface area (Å²) in [5.41, 5.74) is 3.29. The van der Waals surface area contributed by atoms with Crippen LogP contribution in [0.4, 0.5) is 0 Å². The third-order valence-corrected chi connectivity index (χ3v) is 5.83. The summed E-state index contributed by atoms with van der Waals surface area (Å²) in [7, 11) is -3.80. The molecule has 0 aliphatic carbocycles. The number of allylic oxidation sites excluding steroid dienone is 1. The van der Waals surface area contributed by atoms with Gasteiger partial charge in [0, 0.05) is 13.2 Å². The van der Waals surface area contributed by atoms with Gasteiger partial charge in [-0.05, 0) is 30.2 Å². The van der Waals surface area contributed by atoms with Gasteiger partial charge in [0.15, 0.2) is 0 Å². The van der Waals surface area contributed by atoms with E-state index in [0.29, 0.717) is 0 Å². The number of aliphatic hydroxyl groups excluding tert-OH is 1. The van der Waals surface area contributed by atoms with Gasteiger partial charge in [0.1, 0.15) is 0 Å². The molecule has 0 bridgehead atoms. The van der Waals surface area contributed by atoms with Crippen molar-refractivity contribution in [1.82, 2.24) is 9.84 Å². The average Bonchev–Trinajstić information content (AvgIpc) is 2.68. The fourth-order valence-corrected chi connectivity index (χ4v) is 3.91. The zero-order valence-electron chi connectivity index (χ0n) is 18.6. The second-order valence-corrected chi connectivity index (χ2v) is 10.2. The van der Waals surface area contributed by atoms with Crippen LogP contribution in [0.1, 0.15) is 39.2 Å². The lowest BCUT2D eigenvalue weighted by molar-refractivity contribution is -0.148. The molecule has 0 radical (unpaired) electrons. The van der Waals surface area contributed by atoms with E-state index in [4.69, 9.17) is 0 Å². The van der Waals surface area contributed by atoms with Crippen molar-refractivity contribution < 1.29 is 28.2 Å². The first-order chi connectivity index (χ1) is 14.5. The number of sulfonamides is 1. The molecular weight excluding hydrogens is 420 g/mol. The van der Waals surface area contributed by atoms with Gasteiger partial charge in [-0.2, -0.15) is 0 Å². The Hall–Kier alpha value is -2.23. The maximum atomic E-state index is 13.0. The minimum atomic E-state index is -3.80. The fraction of sp³-hybridized carbons (Fsp3) is 0.545. The van der Waals surface area contributed by atoms with E-state index in [9.17, 15) is 28.2 Å². The predicted molar refractivity (Wildman–Crippen MR) is 120 cm³/mol. The van der Waals surface area contributed by atoms with Gasteiger partial charge in [0.05, 0.1) is 18.1 Å². The number of hydrogen-bond donors (Lipinski definition) is 3. The number of aliphatic carboxylic acids is 1. The van der Waals surface area contributed by atoms with Crippen molar-refractivity contribution in [2.24, 2.45) is 23.7 Å². The molecular formula is C22H34N2O6S. The van der Waals surface area contributed by atoms with Crippen molar-refractivity contribution in [2.45, 2.75) is 33.6 Å². The van der Waals surface area contributed by atoms with Gasteiger partial charge in [0.25, 0.3) is 0 Å². The lowest BCUT2D eigenvalue weighted by Crippen LogP contribution is -2.51. The molecule has 3 N–H and O–H groups in total. The molecule has 9 heteroatoms. The number of carbonyl (C=O) groups excluding carboxylic acids is 1. The van der Waals surface area contributed by atoms with Crippen molar-refractivity contribution >= 4 is 28.0 Å². The largest absolute Gasteiger partial charge is 0.481 e. The number of aliphatic hydroxyl groups is 1. The molecule has 8 nitrogen and oxygen atoms in total. The molecule has 1 aromatic carbocycles. The van der Waals surface area contributed by atoms with Crippen LogP contribution < -0.4 is 5.43 Å². The average molecular weight is 455 g/mol. The Balaban J connectivity index is 3.08. The second-order valence-electron chi connectivity index (χ2n) is 8.29. The molecule has 0 aromatic heterocycles. The van der Waals surface area contributed by atoms with Gasteiger partial charge in [0.2, 0.25) is 15.9 Å². The number of benzene rings is 1. The molecule has 1 amide bonds. The van der Waals surface area contributed by atoms with Crippen LogP contribution in [0, 0.1) is 23.7 Å². The standard InChI is InChI=1S/C22H34N2O6S/c1-16(2)13-20(21(26)23-24(31(4,29)30)14-17(3)15-25)19(22(27)28)12-8-11-18-9-6-5-7-10-18/h5-11,16-17,19-20,25H,12-15H2,1-4H3,(H,23,26)(H,27,28)/t17-,19+,20-/m1/s1. The molecule has 1 rings (SSSR count). The Labute approximate surface area is 185 Å². The van der Waals surface area contributed by atoms with Gasteiger partial charge in [-0.3, -0.25) is 15.0 Å². The van der Waals surface area contributed by atoms with Crippen LogP contribution in [0.2, 0.25) is 0 Å². The molecule has 0 fully saturated rings. The summed E-state index contributed by atoms with van der Waals surface area (Å²) in [6.07, 6.45) is 4.88. The molecule has 0 aliphatic heterocycles. The highest BCUT2D eigenvalue weighted by atomic mass is 32.2. The van der Waals surface area contributed by atoms with Crippen LogP contribution >= 0.6 is 0 Å². The number of nitrogens with one attached hydrogen (secondary N) is 1. The number of hydrogen-bond acceptors (Lipinski definition) is 5. The van der Waals surface area contributed by atoms with E-state index in [1.54, 1.807) is 19.1 Å². The highest BCUT2D eigenvalue weighted by molar-refractivity contribution is 7.88. The summed E-state index contributed by atoms with van der Waals surface area (Å²) in [5.74, 6) is -4.09. The van der Waals surface area contributed by atoms with Crippen LogP contribution in [0.15, 0.2) is 36.4 Å². The number of carbonyl (C=O) groups is 2. The smallest absolute Gasteiger partial charge is 0.307 e. The van der Waals surface area contributed by atoms with E-state index in [0.717, 1.165) is 16.2 Å². The molecule has 3 atom stereocenters. The van der Waals surface area contributed by atoms with Crippen molar-refractivity contribution in [3.63, 3.8) is 0 Å². The lowest BCUT2D eigenvalue weighted by atomic mass is 9.82. The van der Waals surface area contributed by atoms with Gasteiger partial charge in [-0.15, -0.1) is 4.41 Å². The number of rotatable bonds is 13. The minimum absolute atomic E-state index is 0.0266. The van der Waals surface area contributed by atoms with E-state index in [1.807, 2.05) is 44.2 Å². The zero-order chi connectivity index (χ0) is 23.6. The van der Waals surface area contributed by atoms with Gasteiger partial charge in [-0.25, -0.2) is 8.42 Å². The van der Waals surface area contributed by atoms with E-state index in [-0.39, 0.29) is 31.9 Å². The third-order valence-electron chi connectivity index (χ3n) is 4.79. The minimum Gasteiger partial charge on any atom is -0.481 e. The molecule has 31 heavy (non-hydrogen) atoms. The summed E-state index contributed by atoms with van der Waals surface area (Å²) in [5, 5.41) is 19.0. The monoisotopic (exact) mass is 454 g/mol. The summed E-state index contributed by atoms with van der Waals surface area (Å²) in [4.78, 5) is 25.0. The van der Waals surface area contributed by atoms with Crippen molar-refractivity contribution in [1.29, 1.82) is 0 Å². The number of hydrazine groups is 1. The molecule has 0 unspecified atom stereocenters. The molecule has 0 spiro atoms. The lowest BCUT2D eigenvalue weighted by Gasteiger charge is -2.28. The summed E-state index contributed by atoms with van der Waals surface area (Å²) < 4.78 is 25.0. The predicted octanol–water partition coefficient (Wildman–Crippen LogP) is 2.37. The molecule has 174 valence electrons. The van der Waals surface area contributed by atoms with Crippen LogP contribution in [-0.2, 0) is 19.6 Å². The molecule has 0 aliphatic rings. The topological polar surface area (TPSA) is 124 Å². The first kappa shape index (κ1) is 26.8. The molecule has 0 saturated heterocycles. The van der Waals surface area contributed by atoms with Gasteiger partial charge >= 0.3 is 5.97 Å². The van der Waals surface area contributed by atoms with Crippen LogP contribution in [0.3, 0.4) is 0 Å². The summed E-state index contributed by atoms with van der Waals surface area (Å²) >= 11 is 0. The Morgan fingerprint density at radius 3 is 2.23 bits per heavy atom. The van der Waals surface area contributed by atoms with Crippen LogP contribution in [0.25, 0.3) is 6.08 Å². The number of amides is 1. The summed E-state index contributed by atoms with van der Waals surface area (Å²) in [6.45, 7) is 5.03. The van der Waals surface area contributed by atoms with Crippen molar-refractivity contribution in [3.8, 4) is 0 Å². The maximum absolute atomic E-state index is 13.0.